The van der Waals surface area contributed by atoms with E-state index in [-0.39, 0.29) is 37.7 Å². The monoisotopic (exact) mass is 586 g/mol. The average molecular weight is 587 g/mol. The van der Waals surface area contributed by atoms with Gasteiger partial charge in [0.2, 0.25) is 0 Å². The fraction of sp³-hybridized carbons (Fsp3) is 0.535. The fourth-order valence-corrected chi connectivity index (χ4v) is 9.73. The van der Waals surface area contributed by atoms with Crippen LogP contribution in [0.15, 0.2) is 91.0 Å². The van der Waals surface area contributed by atoms with Gasteiger partial charge in [-0.2, -0.15) is 0 Å². The SMILES string of the molecule is C1CCC2CCCC2C1.CC(C1=CCc2ccccc21)c1ccccc1.CC(c1ccccc1)C1CCC2CCCCC21.[Li+].[Li+]. The number of hydrogen-bond acceptors (Lipinski definition) is 0. The topological polar surface area (TPSA) is 0 Å². The van der Waals surface area contributed by atoms with Crippen molar-refractivity contribution in [2.75, 3.05) is 0 Å². The number of hydrogen-bond donors (Lipinski definition) is 0. The zero-order valence-electron chi connectivity index (χ0n) is 29.1. The van der Waals surface area contributed by atoms with Crippen molar-refractivity contribution >= 4 is 5.57 Å². The van der Waals surface area contributed by atoms with Gasteiger partial charge in [-0.25, -0.2) is 0 Å². The predicted octanol–water partition coefficient (Wildman–Crippen LogP) is 6.42. The molecular weight excluding hydrogens is 530 g/mol. The van der Waals surface area contributed by atoms with Gasteiger partial charge in [0, 0.05) is 5.92 Å². The average Bonchev–Trinajstić information content (AvgIpc) is 3.84. The third-order valence-corrected chi connectivity index (χ3v) is 12.2. The Morgan fingerprint density at radius 2 is 1.04 bits per heavy atom. The van der Waals surface area contributed by atoms with Gasteiger partial charge in [-0.3, -0.25) is 0 Å². The van der Waals surface area contributed by atoms with E-state index >= 15 is 0 Å². The van der Waals surface area contributed by atoms with Crippen LogP contribution >= 0.6 is 0 Å². The first-order valence-corrected chi connectivity index (χ1v) is 18.1. The van der Waals surface area contributed by atoms with Crippen molar-refractivity contribution in [3.8, 4) is 0 Å². The molecule has 0 bridgehead atoms. The molecule has 0 spiro atoms. The molecule has 7 unspecified atom stereocenters. The summed E-state index contributed by atoms with van der Waals surface area (Å²) in [4.78, 5) is 0. The Bertz CT molecular complexity index is 1290. The largest absolute Gasteiger partial charge is 1.00 e. The zero-order valence-corrected chi connectivity index (χ0v) is 29.1. The zero-order chi connectivity index (χ0) is 29.4. The standard InChI is InChI=1S/C17H24.C17H16.C9H16.2Li/c2*1-13(14-7-3-2-4-8-14)16-12-11-15-9-5-6-10-17(15)16;1-2-5-9-7-3-6-8(9)4-1;;/h2-4,7-8,13,15-17H,5-6,9-12H2,1H3;2-10,12-13H,11H2,1H3;8-9H,1-7H2;;/q;;;2*+1. The van der Waals surface area contributed by atoms with Crippen LogP contribution in [0.4, 0.5) is 0 Å². The molecule has 0 saturated heterocycles. The minimum absolute atomic E-state index is 0. The Labute approximate surface area is 300 Å². The summed E-state index contributed by atoms with van der Waals surface area (Å²) in [5, 5.41) is 0. The van der Waals surface area contributed by atoms with Crippen molar-refractivity contribution in [2.24, 2.45) is 29.6 Å². The van der Waals surface area contributed by atoms with Gasteiger partial charge in [0.15, 0.2) is 0 Å². The molecule has 4 fully saturated rings. The fourth-order valence-electron chi connectivity index (χ4n) is 9.73. The first-order valence-electron chi connectivity index (χ1n) is 18.1. The van der Waals surface area contributed by atoms with Gasteiger partial charge in [0.05, 0.1) is 0 Å². The normalized spacial score (nSPS) is 27.2. The summed E-state index contributed by atoms with van der Waals surface area (Å²) in [5.74, 6) is 6.66. The van der Waals surface area contributed by atoms with E-state index in [0.29, 0.717) is 5.92 Å². The summed E-state index contributed by atoms with van der Waals surface area (Å²) >= 11 is 0. The van der Waals surface area contributed by atoms with Crippen LogP contribution in [0.25, 0.3) is 5.57 Å². The van der Waals surface area contributed by atoms with E-state index in [4.69, 9.17) is 0 Å². The molecule has 0 amide bonds. The number of allylic oxidation sites excluding steroid dienone is 2. The maximum Gasteiger partial charge on any atom is 1.00 e. The Kier molecular flexibility index (Phi) is 14.8. The van der Waals surface area contributed by atoms with Crippen LogP contribution < -0.4 is 37.7 Å². The predicted molar refractivity (Wildman–Crippen MR) is 185 cm³/mol. The molecule has 5 aliphatic carbocycles. The molecule has 5 aliphatic rings. The van der Waals surface area contributed by atoms with Crippen molar-refractivity contribution in [1.29, 1.82) is 0 Å². The molecular formula is C43H56Li2+2. The summed E-state index contributed by atoms with van der Waals surface area (Å²) in [6.45, 7) is 4.75. The van der Waals surface area contributed by atoms with Crippen molar-refractivity contribution < 1.29 is 37.7 Å². The van der Waals surface area contributed by atoms with Gasteiger partial charge in [0.25, 0.3) is 0 Å². The third kappa shape index (κ3) is 9.15. The second kappa shape index (κ2) is 18.2. The van der Waals surface area contributed by atoms with Crippen LogP contribution in [0.2, 0.25) is 0 Å². The Morgan fingerprint density at radius 3 is 1.71 bits per heavy atom. The third-order valence-electron chi connectivity index (χ3n) is 12.2. The van der Waals surface area contributed by atoms with Crippen molar-refractivity contribution in [2.45, 2.75) is 116 Å². The van der Waals surface area contributed by atoms with Gasteiger partial charge >= 0.3 is 37.7 Å². The van der Waals surface area contributed by atoms with Crippen molar-refractivity contribution in [3.63, 3.8) is 0 Å². The van der Waals surface area contributed by atoms with E-state index in [1.807, 2.05) is 0 Å². The minimum atomic E-state index is 0. The van der Waals surface area contributed by atoms with E-state index < -0.39 is 0 Å². The molecule has 7 atom stereocenters. The van der Waals surface area contributed by atoms with Crippen LogP contribution in [0.3, 0.4) is 0 Å². The molecule has 0 aromatic heterocycles. The summed E-state index contributed by atoms with van der Waals surface area (Å²) in [6.07, 6.45) is 23.3. The first kappa shape index (κ1) is 36.4. The quantitative estimate of drug-likeness (QED) is 0.310. The first-order chi connectivity index (χ1) is 21.2. The molecule has 4 saturated carbocycles. The molecule has 2 heteroatoms. The Hall–Kier alpha value is -1.41. The molecule has 3 aromatic rings. The van der Waals surface area contributed by atoms with Gasteiger partial charge in [-0.1, -0.05) is 169 Å². The van der Waals surface area contributed by atoms with E-state index in [0.717, 1.165) is 30.1 Å². The molecule has 228 valence electrons. The van der Waals surface area contributed by atoms with E-state index in [2.05, 4.69) is 105 Å². The summed E-state index contributed by atoms with van der Waals surface area (Å²) in [7, 11) is 0. The molecule has 8 rings (SSSR count). The molecule has 0 heterocycles. The number of benzene rings is 3. The van der Waals surface area contributed by atoms with Crippen LogP contribution in [-0.2, 0) is 6.42 Å². The van der Waals surface area contributed by atoms with Crippen molar-refractivity contribution in [1.82, 2.24) is 0 Å². The Balaban J connectivity index is 0.000000157. The maximum absolute atomic E-state index is 2.46. The smallest absolute Gasteiger partial charge is 0.0757 e. The molecule has 0 N–H and O–H groups in total. The van der Waals surface area contributed by atoms with Crippen LogP contribution in [0, 0.1) is 29.6 Å². The summed E-state index contributed by atoms with van der Waals surface area (Å²) < 4.78 is 0. The van der Waals surface area contributed by atoms with Crippen molar-refractivity contribution in [3.05, 3.63) is 113 Å². The van der Waals surface area contributed by atoms with Gasteiger partial charge < -0.3 is 0 Å². The molecule has 45 heavy (non-hydrogen) atoms. The molecule has 3 aromatic carbocycles. The summed E-state index contributed by atoms with van der Waals surface area (Å²) in [5.41, 5.74) is 7.33. The molecule has 0 radical (unpaired) electrons. The van der Waals surface area contributed by atoms with Gasteiger partial charge in [-0.05, 0) is 89.0 Å². The number of fused-ring (bicyclic) bond motifs is 3. The number of rotatable bonds is 4. The van der Waals surface area contributed by atoms with Gasteiger partial charge in [-0.15, -0.1) is 0 Å². The minimum Gasteiger partial charge on any atom is -0.0757 e. The van der Waals surface area contributed by atoms with E-state index in [1.165, 1.54) is 91.9 Å². The molecule has 0 nitrogen and oxygen atoms in total. The second-order valence-electron chi connectivity index (χ2n) is 14.5. The van der Waals surface area contributed by atoms with Crippen LogP contribution in [0.5, 0.6) is 0 Å². The van der Waals surface area contributed by atoms with E-state index in [9.17, 15) is 0 Å². The Morgan fingerprint density at radius 1 is 0.511 bits per heavy atom. The van der Waals surface area contributed by atoms with E-state index in [1.54, 1.807) is 31.2 Å². The van der Waals surface area contributed by atoms with Crippen LogP contribution in [0.1, 0.15) is 131 Å². The maximum atomic E-state index is 2.46. The van der Waals surface area contributed by atoms with Crippen LogP contribution in [-0.4, -0.2) is 0 Å². The van der Waals surface area contributed by atoms with Gasteiger partial charge in [0.1, 0.15) is 0 Å². The summed E-state index contributed by atoms with van der Waals surface area (Å²) in [6, 6.07) is 30.6. The second-order valence-corrected chi connectivity index (χ2v) is 14.5. The molecule has 0 aliphatic heterocycles.